The topological polar surface area (TPSA) is 49.4 Å². The second-order valence-corrected chi connectivity index (χ2v) is 6.64. The molecule has 0 unspecified atom stereocenters. The van der Waals surface area contributed by atoms with Gasteiger partial charge in [0, 0.05) is 25.2 Å². The summed E-state index contributed by atoms with van der Waals surface area (Å²) in [6, 6.07) is 6.43. The molecule has 3 rings (SSSR count). The fraction of sp³-hybridized carbons (Fsp3) is 0.444. The van der Waals surface area contributed by atoms with Gasteiger partial charge >= 0.3 is 11.8 Å². The van der Waals surface area contributed by atoms with Crippen molar-refractivity contribution in [3.8, 4) is 0 Å². The molecule has 26 heavy (non-hydrogen) atoms. The summed E-state index contributed by atoms with van der Waals surface area (Å²) in [5.41, 5.74) is -1.18. The molecule has 0 bridgehead atoms. The van der Waals surface area contributed by atoms with Crippen LogP contribution in [0, 0.1) is 5.41 Å². The van der Waals surface area contributed by atoms with Crippen molar-refractivity contribution >= 4 is 11.8 Å². The first-order valence-corrected chi connectivity index (χ1v) is 8.20. The number of carbonyl (C=O) groups is 2. The van der Waals surface area contributed by atoms with Gasteiger partial charge in [0.25, 0.3) is 5.91 Å². The molecule has 1 aromatic rings. The van der Waals surface area contributed by atoms with Gasteiger partial charge in [-0.3, -0.25) is 9.59 Å². The van der Waals surface area contributed by atoms with Crippen LogP contribution in [0.15, 0.2) is 36.9 Å². The SMILES string of the molecule is C=CC(=O)NCc1ccc(C(=O)N2CCC3(CC2)C(F)(F)C3(F)F)cc1. The van der Waals surface area contributed by atoms with E-state index in [9.17, 15) is 27.2 Å². The molecule has 0 aromatic heterocycles. The zero-order valence-corrected chi connectivity index (χ0v) is 13.9. The molecule has 1 aromatic carbocycles. The van der Waals surface area contributed by atoms with Crippen molar-refractivity contribution in [3.05, 3.63) is 48.0 Å². The summed E-state index contributed by atoms with van der Waals surface area (Å²) >= 11 is 0. The van der Waals surface area contributed by atoms with Gasteiger partial charge in [-0.1, -0.05) is 18.7 Å². The van der Waals surface area contributed by atoms with Gasteiger partial charge in [0.1, 0.15) is 5.41 Å². The predicted molar refractivity (Wildman–Crippen MR) is 86.0 cm³/mol. The zero-order chi connectivity index (χ0) is 19.2. The smallest absolute Gasteiger partial charge is 0.322 e. The number of hydrogen-bond acceptors (Lipinski definition) is 2. The van der Waals surface area contributed by atoms with Gasteiger partial charge in [-0.25, -0.2) is 0 Å². The molecule has 1 heterocycles. The molecule has 1 N–H and O–H groups in total. The van der Waals surface area contributed by atoms with Gasteiger partial charge in [-0.2, -0.15) is 17.6 Å². The van der Waals surface area contributed by atoms with Crippen molar-refractivity contribution in [1.29, 1.82) is 0 Å². The molecule has 1 saturated carbocycles. The third kappa shape index (κ3) is 2.59. The van der Waals surface area contributed by atoms with Crippen LogP contribution < -0.4 is 5.32 Å². The van der Waals surface area contributed by atoms with Crippen LogP contribution in [-0.4, -0.2) is 41.6 Å². The van der Waals surface area contributed by atoms with Gasteiger partial charge < -0.3 is 10.2 Å². The number of likely N-dealkylation sites (tertiary alicyclic amines) is 1. The van der Waals surface area contributed by atoms with E-state index < -0.39 is 30.1 Å². The Bertz CT molecular complexity index is 722. The first kappa shape index (κ1) is 18.4. The third-order valence-corrected chi connectivity index (χ3v) is 5.29. The van der Waals surface area contributed by atoms with E-state index in [0.29, 0.717) is 5.56 Å². The predicted octanol–water partition coefficient (Wildman–Crippen LogP) is 3.00. The number of benzene rings is 1. The van der Waals surface area contributed by atoms with E-state index in [-0.39, 0.29) is 31.4 Å². The highest BCUT2D eigenvalue weighted by molar-refractivity contribution is 5.94. The fourth-order valence-electron chi connectivity index (χ4n) is 3.45. The molecule has 1 spiro atoms. The number of rotatable bonds is 4. The molecule has 1 aliphatic carbocycles. The summed E-state index contributed by atoms with van der Waals surface area (Å²) in [4.78, 5) is 24.9. The largest absolute Gasteiger partial charge is 0.348 e. The maximum Gasteiger partial charge on any atom is 0.322 e. The van der Waals surface area contributed by atoms with E-state index in [2.05, 4.69) is 11.9 Å². The molecule has 4 nitrogen and oxygen atoms in total. The quantitative estimate of drug-likeness (QED) is 0.654. The van der Waals surface area contributed by atoms with E-state index in [1.165, 1.54) is 4.90 Å². The normalized spacial score (nSPS) is 21.9. The highest BCUT2D eigenvalue weighted by Crippen LogP contribution is 2.76. The van der Waals surface area contributed by atoms with E-state index in [1.54, 1.807) is 24.3 Å². The first-order valence-electron chi connectivity index (χ1n) is 8.20. The molecule has 2 amide bonds. The maximum absolute atomic E-state index is 13.4. The summed E-state index contributed by atoms with van der Waals surface area (Å²) in [6.07, 6.45) is 0.322. The number of hydrogen-bond donors (Lipinski definition) is 1. The molecule has 8 heteroatoms. The van der Waals surface area contributed by atoms with Crippen molar-refractivity contribution in [2.45, 2.75) is 31.2 Å². The first-order chi connectivity index (χ1) is 12.2. The minimum Gasteiger partial charge on any atom is -0.348 e. The summed E-state index contributed by atoms with van der Waals surface area (Å²) in [5, 5.41) is 2.60. The molecule has 2 aliphatic rings. The Hall–Kier alpha value is -2.38. The van der Waals surface area contributed by atoms with Gasteiger partial charge in [-0.15, -0.1) is 0 Å². The number of alkyl halides is 4. The van der Waals surface area contributed by atoms with Crippen molar-refractivity contribution in [3.63, 3.8) is 0 Å². The van der Waals surface area contributed by atoms with Crippen LogP contribution >= 0.6 is 0 Å². The number of nitrogens with zero attached hydrogens (tertiary/aromatic N) is 1. The summed E-state index contributed by atoms with van der Waals surface area (Å²) in [7, 11) is 0. The maximum atomic E-state index is 13.4. The standard InChI is InChI=1S/C18H18F4N2O2/c1-2-14(25)23-11-12-3-5-13(6-4-12)15(26)24-9-7-16(8-10-24)17(19,20)18(16,21)22/h2-6H,1,7-11H2,(H,23,25). The van der Waals surface area contributed by atoms with Gasteiger partial charge in [0.15, 0.2) is 0 Å². The number of halogens is 4. The van der Waals surface area contributed by atoms with Gasteiger partial charge in [0.05, 0.1) is 0 Å². The van der Waals surface area contributed by atoms with Crippen LogP contribution in [-0.2, 0) is 11.3 Å². The monoisotopic (exact) mass is 370 g/mol. The third-order valence-electron chi connectivity index (χ3n) is 5.29. The van der Waals surface area contributed by atoms with Crippen molar-refractivity contribution < 1.29 is 27.2 Å². The minimum absolute atomic E-state index is 0.124. The van der Waals surface area contributed by atoms with Crippen LogP contribution in [0.4, 0.5) is 17.6 Å². The fourth-order valence-corrected chi connectivity index (χ4v) is 3.45. The summed E-state index contributed by atoms with van der Waals surface area (Å²) < 4.78 is 53.6. The van der Waals surface area contributed by atoms with Crippen LogP contribution in [0.2, 0.25) is 0 Å². The highest BCUT2D eigenvalue weighted by atomic mass is 19.3. The summed E-state index contributed by atoms with van der Waals surface area (Å²) in [6.45, 7) is 3.36. The molecule has 0 atom stereocenters. The van der Waals surface area contributed by atoms with Gasteiger partial charge in [0.2, 0.25) is 5.91 Å². The van der Waals surface area contributed by atoms with E-state index >= 15 is 0 Å². The zero-order valence-electron chi connectivity index (χ0n) is 13.9. The summed E-state index contributed by atoms with van der Waals surface area (Å²) in [5.74, 6) is -8.66. The molecule has 1 saturated heterocycles. The molecular formula is C18H18F4N2O2. The molecule has 140 valence electrons. The van der Waals surface area contributed by atoms with E-state index in [0.717, 1.165) is 11.6 Å². The number of carbonyl (C=O) groups excluding carboxylic acids is 2. The lowest BCUT2D eigenvalue weighted by atomic mass is 9.91. The van der Waals surface area contributed by atoms with Crippen LogP contribution in [0.1, 0.15) is 28.8 Å². The molecule has 2 fully saturated rings. The van der Waals surface area contributed by atoms with Gasteiger partial charge in [-0.05, 0) is 36.6 Å². The van der Waals surface area contributed by atoms with Crippen molar-refractivity contribution in [2.75, 3.05) is 13.1 Å². The molecule has 1 aliphatic heterocycles. The Morgan fingerprint density at radius 3 is 2.08 bits per heavy atom. The average molecular weight is 370 g/mol. The Morgan fingerprint density at radius 2 is 1.62 bits per heavy atom. The van der Waals surface area contributed by atoms with Crippen LogP contribution in [0.5, 0.6) is 0 Å². The Labute approximate surface area is 147 Å². The van der Waals surface area contributed by atoms with Crippen molar-refractivity contribution in [2.24, 2.45) is 5.41 Å². The minimum atomic E-state index is -3.98. The van der Waals surface area contributed by atoms with E-state index in [1.807, 2.05) is 0 Å². The highest BCUT2D eigenvalue weighted by Gasteiger charge is 2.95. The Balaban J connectivity index is 1.59. The Morgan fingerprint density at radius 1 is 1.08 bits per heavy atom. The number of amides is 2. The van der Waals surface area contributed by atoms with Crippen LogP contribution in [0.3, 0.4) is 0 Å². The Kier molecular flexibility index (Phi) is 4.32. The average Bonchev–Trinajstić information content (AvgIpc) is 2.97. The number of nitrogens with one attached hydrogen (secondary N) is 1. The number of piperidine rings is 1. The lowest BCUT2D eigenvalue weighted by Gasteiger charge is -2.31. The van der Waals surface area contributed by atoms with Crippen molar-refractivity contribution in [1.82, 2.24) is 10.2 Å². The molecular weight excluding hydrogens is 352 g/mol. The second kappa shape index (κ2) is 6.10. The lowest BCUT2D eigenvalue weighted by molar-refractivity contribution is -0.116. The van der Waals surface area contributed by atoms with Crippen LogP contribution in [0.25, 0.3) is 0 Å². The molecule has 0 radical (unpaired) electrons. The lowest BCUT2D eigenvalue weighted by Crippen LogP contribution is -2.41. The second-order valence-electron chi connectivity index (χ2n) is 6.64. The van der Waals surface area contributed by atoms with E-state index in [4.69, 9.17) is 0 Å².